The quantitative estimate of drug-likeness (QED) is 0.644. The van der Waals surface area contributed by atoms with Crippen molar-refractivity contribution in [2.45, 2.75) is 25.6 Å². The molecule has 8 nitrogen and oxygen atoms in total. The zero-order valence-corrected chi connectivity index (χ0v) is 14.8. The van der Waals surface area contributed by atoms with Crippen molar-refractivity contribution in [3.63, 3.8) is 0 Å². The molecule has 2 aromatic carbocycles. The normalized spacial score (nSPS) is 17.8. The van der Waals surface area contributed by atoms with E-state index >= 15 is 0 Å². The first-order valence-electron chi connectivity index (χ1n) is 8.99. The van der Waals surface area contributed by atoms with Gasteiger partial charge in [0, 0.05) is 13.0 Å². The SMILES string of the molecule is [C-]#[N+]c1cccc(Cn2nnc3cc4c(cc3c2=O)OC2CCCN2C4=O)c1. The van der Waals surface area contributed by atoms with Gasteiger partial charge in [0.05, 0.1) is 24.1 Å². The summed E-state index contributed by atoms with van der Waals surface area (Å²) in [4.78, 5) is 30.7. The molecule has 0 saturated carbocycles. The van der Waals surface area contributed by atoms with Crippen LogP contribution < -0.4 is 10.3 Å². The molecule has 1 atom stereocenters. The number of ether oxygens (including phenoxy) is 1. The molecule has 0 radical (unpaired) electrons. The van der Waals surface area contributed by atoms with Crippen LogP contribution in [0.2, 0.25) is 0 Å². The Morgan fingerprint density at radius 3 is 3.00 bits per heavy atom. The maximum atomic E-state index is 12.9. The van der Waals surface area contributed by atoms with Gasteiger partial charge in [-0.3, -0.25) is 9.59 Å². The number of fused-ring (bicyclic) bond motifs is 3. The molecular formula is C20H15N5O3. The average molecular weight is 373 g/mol. The first-order chi connectivity index (χ1) is 13.6. The van der Waals surface area contributed by atoms with Crippen molar-refractivity contribution in [3.05, 3.63) is 69.3 Å². The number of benzene rings is 2. The monoisotopic (exact) mass is 373 g/mol. The summed E-state index contributed by atoms with van der Waals surface area (Å²) in [5.41, 5.74) is 1.76. The van der Waals surface area contributed by atoms with Crippen molar-refractivity contribution < 1.29 is 9.53 Å². The molecule has 138 valence electrons. The Morgan fingerprint density at radius 2 is 2.14 bits per heavy atom. The number of nitrogens with zero attached hydrogens (tertiary/aromatic N) is 5. The van der Waals surface area contributed by atoms with E-state index in [9.17, 15) is 9.59 Å². The van der Waals surface area contributed by atoms with Crippen LogP contribution >= 0.6 is 0 Å². The fraction of sp³-hybridized carbons (Fsp3) is 0.250. The van der Waals surface area contributed by atoms with Crippen LogP contribution in [-0.2, 0) is 6.54 Å². The fourth-order valence-electron chi connectivity index (χ4n) is 3.76. The van der Waals surface area contributed by atoms with E-state index in [1.54, 1.807) is 35.2 Å². The van der Waals surface area contributed by atoms with Crippen LogP contribution in [0.3, 0.4) is 0 Å². The molecule has 3 heterocycles. The molecule has 3 aromatic rings. The summed E-state index contributed by atoms with van der Waals surface area (Å²) < 4.78 is 7.21. The smallest absolute Gasteiger partial charge is 0.278 e. The average Bonchev–Trinajstić information content (AvgIpc) is 3.19. The third-order valence-electron chi connectivity index (χ3n) is 5.15. The standard InChI is InChI=1S/C20H15N5O3/c1-21-13-5-2-4-12(8-13)11-25-20(27)14-10-17-15(9-16(14)22-23-25)19(26)24-7-3-6-18(24)28-17/h2,4-5,8-10,18H,3,6-7,11H2. The number of carbonyl (C=O) groups excluding carboxylic acids is 1. The van der Waals surface area contributed by atoms with E-state index < -0.39 is 0 Å². The van der Waals surface area contributed by atoms with E-state index in [2.05, 4.69) is 15.2 Å². The van der Waals surface area contributed by atoms with Crippen molar-refractivity contribution in [1.82, 2.24) is 19.9 Å². The van der Waals surface area contributed by atoms with Gasteiger partial charge in [0.2, 0.25) is 0 Å². The Labute approximate surface area is 159 Å². The van der Waals surface area contributed by atoms with Gasteiger partial charge in [-0.2, -0.15) is 0 Å². The summed E-state index contributed by atoms with van der Waals surface area (Å²) in [6, 6.07) is 10.2. The maximum Gasteiger partial charge on any atom is 0.278 e. The number of rotatable bonds is 2. The summed E-state index contributed by atoms with van der Waals surface area (Å²) in [7, 11) is 0. The van der Waals surface area contributed by atoms with Crippen molar-refractivity contribution >= 4 is 22.5 Å². The van der Waals surface area contributed by atoms with Gasteiger partial charge in [-0.15, -0.1) is 5.10 Å². The van der Waals surface area contributed by atoms with Gasteiger partial charge in [0.1, 0.15) is 11.3 Å². The first-order valence-corrected chi connectivity index (χ1v) is 8.99. The number of hydrogen-bond donors (Lipinski definition) is 0. The summed E-state index contributed by atoms with van der Waals surface area (Å²) in [6.45, 7) is 7.99. The second-order valence-electron chi connectivity index (χ2n) is 6.91. The van der Waals surface area contributed by atoms with Gasteiger partial charge >= 0.3 is 0 Å². The minimum Gasteiger partial charge on any atom is -0.470 e. The van der Waals surface area contributed by atoms with Crippen LogP contribution in [0.15, 0.2) is 41.2 Å². The summed E-state index contributed by atoms with van der Waals surface area (Å²) >= 11 is 0. The number of carbonyl (C=O) groups is 1. The molecule has 1 unspecified atom stereocenters. The third-order valence-corrected chi connectivity index (χ3v) is 5.15. The van der Waals surface area contributed by atoms with Crippen molar-refractivity contribution in [3.8, 4) is 5.75 Å². The molecule has 2 aliphatic heterocycles. The highest BCUT2D eigenvalue weighted by Crippen LogP contribution is 2.34. The molecule has 1 aromatic heterocycles. The van der Waals surface area contributed by atoms with Crippen molar-refractivity contribution in [2.75, 3.05) is 6.54 Å². The van der Waals surface area contributed by atoms with Crippen molar-refractivity contribution in [2.24, 2.45) is 0 Å². The Balaban J connectivity index is 1.57. The highest BCUT2D eigenvalue weighted by atomic mass is 16.5. The van der Waals surface area contributed by atoms with Gasteiger partial charge in [0.25, 0.3) is 11.5 Å². The second kappa shape index (κ2) is 6.16. The van der Waals surface area contributed by atoms with Crippen LogP contribution in [0.1, 0.15) is 28.8 Å². The first kappa shape index (κ1) is 16.4. The molecule has 1 fully saturated rings. The molecule has 0 spiro atoms. The van der Waals surface area contributed by atoms with Crippen LogP contribution in [-0.4, -0.2) is 38.6 Å². The van der Waals surface area contributed by atoms with E-state index in [1.165, 1.54) is 4.68 Å². The Kier molecular flexibility index (Phi) is 3.62. The van der Waals surface area contributed by atoms with E-state index in [4.69, 9.17) is 11.3 Å². The molecule has 2 aliphatic rings. The second-order valence-corrected chi connectivity index (χ2v) is 6.91. The fourth-order valence-corrected chi connectivity index (χ4v) is 3.76. The van der Waals surface area contributed by atoms with E-state index in [0.29, 0.717) is 34.4 Å². The lowest BCUT2D eigenvalue weighted by molar-refractivity contribution is 0.0295. The minimum atomic E-state index is -0.314. The Bertz CT molecular complexity index is 1230. The van der Waals surface area contributed by atoms with E-state index in [0.717, 1.165) is 18.4 Å². The van der Waals surface area contributed by atoms with Gasteiger partial charge in [-0.05, 0) is 24.1 Å². The summed E-state index contributed by atoms with van der Waals surface area (Å²) in [5, 5.41) is 8.50. The number of amides is 1. The topological polar surface area (TPSA) is 81.7 Å². The highest BCUT2D eigenvalue weighted by Gasteiger charge is 2.37. The molecule has 0 bridgehead atoms. The predicted molar refractivity (Wildman–Crippen MR) is 100 cm³/mol. The van der Waals surface area contributed by atoms with Crippen LogP contribution in [0, 0.1) is 6.57 Å². The van der Waals surface area contributed by atoms with Gasteiger partial charge in [0.15, 0.2) is 11.9 Å². The Hall–Kier alpha value is -3.73. The van der Waals surface area contributed by atoms with E-state index in [1.807, 2.05) is 6.07 Å². The molecular weight excluding hydrogens is 358 g/mol. The molecule has 1 saturated heterocycles. The lowest BCUT2D eigenvalue weighted by atomic mass is 10.1. The molecule has 8 heteroatoms. The number of hydrogen-bond acceptors (Lipinski definition) is 5. The largest absolute Gasteiger partial charge is 0.470 e. The van der Waals surface area contributed by atoms with Crippen LogP contribution in [0.4, 0.5) is 5.69 Å². The molecule has 0 aliphatic carbocycles. The van der Waals surface area contributed by atoms with Gasteiger partial charge < -0.3 is 9.64 Å². The molecule has 1 amide bonds. The predicted octanol–water partition coefficient (Wildman–Crippen LogP) is 2.35. The molecule has 0 N–H and O–H groups in total. The van der Waals surface area contributed by atoms with Crippen LogP contribution in [0.5, 0.6) is 5.75 Å². The lowest BCUT2D eigenvalue weighted by Crippen LogP contribution is -2.43. The maximum absolute atomic E-state index is 12.9. The van der Waals surface area contributed by atoms with Gasteiger partial charge in [-0.25, -0.2) is 9.53 Å². The minimum absolute atomic E-state index is 0.0902. The molecule has 28 heavy (non-hydrogen) atoms. The van der Waals surface area contributed by atoms with E-state index in [-0.39, 0.29) is 24.2 Å². The summed E-state index contributed by atoms with van der Waals surface area (Å²) in [5.74, 6) is 0.333. The van der Waals surface area contributed by atoms with Crippen LogP contribution in [0.25, 0.3) is 15.7 Å². The summed E-state index contributed by atoms with van der Waals surface area (Å²) in [6.07, 6.45) is 1.44. The van der Waals surface area contributed by atoms with Gasteiger partial charge in [-0.1, -0.05) is 29.5 Å². The highest BCUT2D eigenvalue weighted by molar-refractivity contribution is 6.01. The Morgan fingerprint density at radius 1 is 1.25 bits per heavy atom. The lowest BCUT2D eigenvalue weighted by Gasteiger charge is -2.31. The molecule has 5 rings (SSSR count). The van der Waals surface area contributed by atoms with Crippen molar-refractivity contribution in [1.29, 1.82) is 0 Å². The zero-order valence-electron chi connectivity index (χ0n) is 14.8. The third kappa shape index (κ3) is 2.52. The zero-order chi connectivity index (χ0) is 19.3. The number of aromatic nitrogens is 3.